The van der Waals surface area contributed by atoms with Crippen LogP contribution in [-0.2, 0) is 14.3 Å². The first-order valence-corrected chi connectivity index (χ1v) is 5.92. The van der Waals surface area contributed by atoms with Crippen LogP contribution in [0.5, 0.6) is 0 Å². The van der Waals surface area contributed by atoms with Gasteiger partial charge in [-0.15, -0.1) is 12.4 Å². The summed E-state index contributed by atoms with van der Waals surface area (Å²) in [5.74, 6) is 0.0184. The van der Waals surface area contributed by atoms with Crippen LogP contribution in [0.2, 0.25) is 0 Å². The number of nitrogens with zero attached hydrogens (tertiary/aromatic N) is 2. The molecule has 0 aromatic heterocycles. The maximum atomic E-state index is 12.0. The van der Waals surface area contributed by atoms with Crippen molar-refractivity contribution in [2.75, 3.05) is 39.9 Å². The minimum absolute atomic E-state index is 0. The molecule has 104 valence electrons. The first kappa shape index (κ1) is 15.2. The smallest absolute Gasteiger partial charge is 0.248 e. The lowest BCUT2D eigenvalue weighted by Gasteiger charge is -2.35. The molecule has 0 aromatic carbocycles. The number of halogens is 1. The lowest BCUT2D eigenvalue weighted by atomic mass is 10.2. The van der Waals surface area contributed by atoms with Crippen LogP contribution in [0.3, 0.4) is 0 Å². The van der Waals surface area contributed by atoms with Gasteiger partial charge >= 0.3 is 0 Å². The Balaban J connectivity index is 0.00000162. The summed E-state index contributed by atoms with van der Waals surface area (Å²) in [5.41, 5.74) is 5.27. The van der Waals surface area contributed by atoms with Crippen molar-refractivity contribution < 1.29 is 14.3 Å². The van der Waals surface area contributed by atoms with E-state index in [2.05, 4.69) is 0 Å². The van der Waals surface area contributed by atoms with Crippen molar-refractivity contribution in [2.45, 2.75) is 18.4 Å². The van der Waals surface area contributed by atoms with Gasteiger partial charge in [-0.2, -0.15) is 0 Å². The summed E-state index contributed by atoms with van der Waals surface area (Å²) in [6, 6.07) is 0. The number of methoxy groups -OCH3 is 1. The summed E-state index contributed by atoms with van der Waals surface area (Å²) in [5, 5.41) is 0. The zero-order valence-electron chi connectivity index (χ0n) is 10.6. The molecule has 1 aliphatic heterocycles. The van der Waals surface area contributed by atoms with Crippen LogP contribution < -0.4 is 5.73 Å². The highest BCUT2D eigenvalue weighted by atomic mass is 35.5. The molecular weight excluding hydrogens is 258 g/mol. The second-order valence-electron chi connectivity index (χ2n) is 4.76. The van der Waals surface area contributed by atoms with E-state index in [-0.39, 0.29) is 30.8 Å². The van der Waals surface area contributed by atoms with E-state index < -0.39 is 5.54 Å². The molecule has 18 heavy (non-hydrogen) atoms. The van der Waals surface area contributed by atoms with Crippen LogP contribution in [0.15, 0.2) is 0 Å². The lowest BCUT2D eigenvalue weighted by molar-refractivity contribution is -0.142. The number of carbonyl (C=O) groups excluding carboxylic acids is 2. The molecule has 7 heteroatoms. The van der Waals surface area contributed by atoms with E-state index in [0.717, 1.165) is 12.8 Å². The van der Waals surface area contributed by atoms with Crippen molar-refractivity contribution in [3.8, 4) is 0 Å². The number of amides is 2. The number of ether oxygens (including phenoxy) is 1. The molecule has 2 amide bonds. The zero-order chi connectivity index (χ0) is 12.5. The third-order valence-electron chi connectivity index (χ3n) is 3.40. The molecule has 2 N–H and O–H groups in total. The number of carbonyl (C=O) groups is 2. The van der Waals surface area contributed by atoms with Gasteiger partial charge in [0.1, 0.15) is 6.61 Å². The highest BCUT2D eigenvalue weighted by Crippen LogP contribution is 2.34. The summed E-state index contributed by atoms with van der Waals surface area (Å²) in [6.45, 7) is 2.41. The lowest BCUT2D eigenvalue weighted by Crippen LogP contribution is -2.55. The molecule has 2 aliphatic rings. The highest BCUT2D eigenvalue weighted by Gasteiger charge is 2.48. The maximum Gasteiger partial charge on any atom is 0.248 e. The predicted molar refractivity (Wildman–Crippen MR) is 68.4 cm³/mol. The van der Waals surface area contributed by atoms with Crippen molar-refractivity contribution >= 4 is 24.2 Å². The molecule has 0 atom stereocenters. The molecule has 2 fully saturated rings. The van der Waals surface area contributed by atoms with Crippen LogP contribution in [0.1, 0.15) is 12.8 Å². The van der Waals surface area contributed by atoms with E-state index in [1.54, 1.807) is 9.80 Å². The average molecular weight is 278 g/mol. The Morgan fingerprint density at radius 1 is 1.17 bits per heavy atom. The maximum absolute atomic E-state index is 12.0. The summed E-state index contributed by atoms with van der Waals surface area (Å²) in [4.78, 5) is 27.0. The molecule has 0 aromatic rings. The average Bonchev–Trinajstić information content (AvgIpc) is 3.08. The second-order valence-corrected chi connectivity index (χ2v) is 4.76. The van der Waals surface area contributed by atoms with Gasteiger partial charge in [-0.1, -0.05) is 0 Å². The molecule has 1 aliphatic carbocycles. The first-order chi connectivity index (χ1) is 8.07. The topological polar surface area (TPSA) is 75.9 Å². The quantitative estimate of drug-likeness (QED) is 0.734. The largest absolute Gasteiger partial charge is 0.375 e. The van der Waals surface area contributed by atoms with Gasteiger partial charge in [0.15, 0.2) is 0 Å². The molecule has 6 nitrogen and oxygen atoms in total. The molecule has 1 heterocycles. The molecule has 1 saturated heterocycles. The SMILES string of the molecule is COCC(=O)N1CCN(C(=O)C2(N)CC2)CC1.Cl. The number of piperazine rings is 1. The number of rotatable bonds is 3. The Morgan fingerprint density at radius 2 is 1.67 bits per heavy atom. The van der Waals surface area contributed by atoms with Crippen LogP contribution in [0.25, 0.3) is 0 Å². The van der Waals surface area contributed by atoms with Gasteiger partial charge in [0, 0.05) is 33.3 Å². The van der Waals surface area contributed by atoms with Gasteiger partial charge in [0.05, 0.1) is 5.54 Å². The van der Waals surface area contributed by atoms with Gasteiger partial charge in [-0.25, -0.2) is 0 Å². The van der Waals surface area contributed by atoms with Gasteiger partial charge in [0.25, 0.3) is 0 Å². The van der Waals surface area contributed by atoms with E-state index in [0.29, 0.717) is 26.2 Å². The molecule has 0 radical (unpaired) electrons. The number of nitrogens with two attached hydrogens (primary N) is 1. The fourth-order valence-electron chi connectivity index (χ4n) is 2.04. The number of hydrogen-bond donors (Lipinski definition) is 1. The van der Waals surface area contributed by atoms with Gasteiger partial charge in [-0.05, 0) is 12.8 Å². The van der Waals surface area contributed by atoms with Gasteiger partial charge < -0.3 is 20.3 Å². The van der Waals surface area contributed by atoms with Crippen molar-refractivity contribution in [3.63, 3.8) is 0 Å². The second kappa shape index (κ2) is 5.86. The van der Waals surface area contributed by atoms with Crippen LogP contribution in [-0.4, -0.2) is 67.0 Å². The van der Waals surface area contributed by atoms with Crippen molar-refractivity contribution in [1.82, 2.24) is 9.80 Å². The van der Waals surface area contributed by atoms with E-state index >= 15 is 0 Å². The Hall–Kier alpha value is -0.850. The summed E-state index contributed by atoms with van der Waals surface area (Å²) in [7, 11) is 1.50. The standard InChI is InChI=1S/C11H19N3O3.ClH/c1-17-8-9(15)13-4-6-14(7-5-13)10(16)11(12)2-3-11;/h2-8,12H2,1H3;1H. The zero-order valence-corrected chi connectivity index (χ0v) is 11.4. The fourth-order valence-corrected chi connectivity index (χ4v) is 2.04. The minimum atomic E-state index is -0.599. The number of hydrogen-bond acceptors (Lipinski definition) is 4. The van der Waals surface area contributed by atoms with E-state index in [9.17, 15) is 9.59 Å². The predicted octanol–water partition coefficient (Wildman–Crippen LogP) is -0.783. The summed E-state index contributed by atoms with van der Waals surface area (Å²) in [6.07, 6.45) is 1.57. The van der Waals surface area contributed by atoms with Crippen LogP contribution in [0.4, 0.5) is 0 Å². The molecule has 0 unspecified atom stereocenters. The summed E-state index contributed by atoms with van der Waals surface area (Å²) >= 11 is 0. The molecular formula is C11H20ClN3O3. The Kier molecular flexibility index (Phi) is 4.95. The van der Waals surface area contributed by atoms with Crippen LogP contribution >= 0.6 is 12.4 Å². The Bertz CT molecular complexity index is 325. The Morgan fingerprint density at radius 3 is 2.11 bits per heavy atom. The van der Waals surface area contributed by atoms with Crippen molar-refractivity contribution in [3.05, 3.63) is 0 Å². The van der Waals surface area contributed by atoms with Crippen LogP contribution in [0, 0.1) is 0 Å². The first-order valence-electron chi connectivity index (χ1n) is 5.92. The van der Waals surface area contributed by atoms with E-state index in [1.165, 1.54) is 7.11 Å². The Labute approximate surface area is 113 Å². The van der Waals surface area contributed by atoms with Crippen molar-refractivity contribution in [1.29, 1.82) is 0 Å². The highest BCUT2D eigenvalue weighted by molar-refractivity contribution is 5.89. The fraction of sp³-hybridized carbons (Fsp3) is 0.818. The van der Waals surface area contributed by atoms with Crippen molar-refractivity contribution in [2.24, 2.45) is 5.73 Å². The molecule has 1 saturated carbocycles. The normalized spacial score (nSPS) is 21.2. The van der Waals surface area contributed by atoms with E-state index in [4.69, 9.17) is 10.5 Å². The molecule has 0 bridgehead atoms. The minimum Gasteiger partial charge on any atom is -0.375 e. The summed E-state index contributed by atoms with van der Waals surface area (Å²) < 4.78 is 4.80. The third kappa shape index (κ3) is 3.13. The van der Waals surface area contributed by atoms with Gasteiger partial charge in [0.2, 0.25) is 11.8 Å². The third-order valence-corrected chi connectivity index (χ3v) is 3.40. The van der Waals surface area contributed by atoms with Gasteiger partial charge in [-0.3, -0.25) is 9.59 Å². The molecule has 2 rings (SSSR count). The monoisotopic (exact) mass is 277 g/mol. The molecule has 0 spiro atoms. The van der Waals surface area contributed by atoms with E-state index in [1.807, 2.05) is 0 Å².